The van der Waals surface area contributed by atoms with Gasteiger partial charge in [0, 0.05) is 31.4 Å². The average molecular weight is 339 g/mol. The van der Waals surface area contributed by atoms with E-state index in [1.807, 2.05) is 12.1 Å². The molecule has 1 atom stereocenters. The summed E-state index contributed by atoms with van der Waals surface area (Å²) >= 11 is 0. The highest BCUT2D eigenvalue weighted by atomic mass is 16.4. The molecule has 5 heteroatoms. The molecule has 25 heavy (non-hydrogen) atoms. The molecule has 5 nitrogen and oxygen atoms in total. The Balaban J connectivity index is 1.48. The minimum absolute atomic E-state index is 0.368. The average Bonchev–Trinajstić information content (AvgIpc) is 3.18. The van der Waals surface area contributed by atoms with Crippen molar-refractivity contribution in [2.24, 2.45) is 0 Å². The topological polar surface area (TPSA) is 58.4 Å². The van der Waals surface area contributed by atoms with Crippen molar-refractivity contribution in [3.05, 3.63) is 52.6 Å². The molecular formula is C20H25N3O2. The second-order valence-electron chi connectivity index (χ2n) is 7.31. The number of aromatic nitrogens is 2. The molecule has 0 bridgehead atoms. The van der Waals surface area contributed by atoms with Crippen LogP contribution in [-0.2, 0) is 19.4 Å². The first kappa shape index (κ1) is 16.3. The molecule has 0 radical (unpaired) electrons. The van der Waals surface area contributed by atoms with Gasteiger partial charge in [-0.1, -0.05) is 12.1 Å². The summed E-state index contributed by atoms with van der Waals surface area (Å²) in [6.45, 7) is 5.01. The lowest BCUT2D eigenvalue weighted by Crippen LogP contribution is -2.23. The monoisotopic (exact) mass is 339 g/mol. The first-order valence-corrected chi connectivity index (χ1v) is 9.23. The van der Waals surface area contributed by atoms with Gasteiger partial charge in [-0.15, -0.1) is 0 Å². The summed E-state index contributed by atoms with van der Waals surface area (Å²) in [4.78, 5) is 18.4. The van der Waals surface area contributed by atoms with E-state index in [1.54, 1.807) is 12.1 Å². The molecule has 132 valence electrons. The molecule has 1 aromatic carbocycles. The van der Waals surface area contributed by atoms with Gasteiger partial charge in [-0.2, -0.15) is 0 Å². The van der Waals surface area contributed by atoms with Gasteiger partial charge in [0.1, 0.15) is 5.82 Å². The van der Waals surface area contributed by atoms with E-state index in [2.05, 4.69) is 16.4 Å². The van der Waals surface area contributed by atoms with Crippen molar-refractivity contribution in [3.8, 4) is 0 Å². The van der Waals surface area contributed by atoms with Gasteiger partial charge >= 0.3 is 5.97 Å². The zero-order valence-electron chi connectivity index (χ0n) is 14.7. The summed E-state index contributed by atoms with van der Waals surface area (Å²) in [5, 5.41) is 9.16. The van der Waals surface area contributed by atoms with Crippen LogP contribution in [0, 0.1) is 6.92 Å². The zero-order chi connectivity index (χ0) is 17.4. The Labute approximate surface area is 148 Å². The minimum atomic E-state index is -0.859. The van der Waals surface area contributed by atoms with Gasteiger partial charge in [-0.25, -0.2) is 9.78 Å². The number of aromatic carboxylic acids is 1. The third-order valence-electron chi connectivity index (χ3n) is 5.54. The van der Waals surface area contributed by atoms with Crippen LogP contribution in [0.1, 0.15) is 58.4 Å². The Morgan fingerprint density at radius 3 is 3.00 bits per heavy atom. The molecule has 1 unspecified atom stereocenters. The van der Waals surface area contributed by atoms with Crippen LogP contribution in [0.2, 0.25) is 0 Å². The summed E-state index contributed by atoms with van der Waals surface area (Å²) in [6, 6.07) is 7.80. The first-order chi connectivity index (χ1) is 12.1. The van der Waals surface area contributed by atoms with Crippen LogP contribution in [-0.4, -0.2) is 38.6 Å². The van der Waals surface area contributed by atoms with Crippen molar-refractivity contribution in [1.82, 2.24) is 14.5 Å². The van der Waals surface area contributed by atoms with Crippen LogP contribution in [0.3, 0.4) is 0 Å². The fourth-order valence-electron chi connectivity index (χ4n) is 4.41. The summed E-state index contributed by atoms with van der Waals surface area (Å²) in [5.74, 6) is 0.299. The van der Waals surface area contributed by atoms with Crippen molar-refractivity contribution in [2.45, 2.75) is 51.6 Å². The largest absolute Gasteiger partial charge is 0.478 e. The highest BCUT2D eigenvalue weighted by Gasteiger charge is 2.29. The lowest BCUT2D eigenvalue weighted by Gasteiger charge is -2.21. The van der Waals surface area contributed by atoms with Crippen LogP contribution < -0.4 is 0 Å². The van der Waals surface area contributed by atoms with Crippen LogP contribution >= 0.6 is 0 Å². The van der Waals surface area contributed by atoms with E-state index in [1.165, 1.54) is 24.2 Å². The molecule has 1 saturated heterocycles. The standard InChI is InChI=1S/C20H25N3O2/c1-14-21-18-7-2-3-8-19(18)23(14)17-9-10-22(13-17)12-15-5-4-6-16(11-15)20(24)25/h4-6,11,17H,2-3,7-10,12-13H2,1H3,(H,24,25). The van der Waals surface area contributed by atoms with E-state index in [-0.39, 0.29) is 0 Å². The Morgan fingerprint density at radius 1 is 1.32 bits per heavy atom. The SMILES string of the molecule is Cc1nc2c(n1C1CCN(Cc3cccc(C(=O)O)c3)C1)CCCC2. The molecule has 0 spiro atoms. The predicted molar refractivity (Wildman–Crippen MR) is 95.9 cm³/mol. The van der Waals surface area contributed by atoms with E-state index in [0.29, 0.717) is 11.6 Å². The Morgan fingerprint density at radius 2 is 2.16 bits per heavy atom. The maximum absolute atomic E-state index is 11.1. The minimum Gasteiger partial charge on any atom is -0.478 e. The number of hydrogen-bond acceptors (Lipinski definition) is 3. The van der Waals surface area contributed by atoms with Gasteiger partial charge in [0.05, 0.1) is 11.3 Å². The number of hydrogen-bond donors (Lipinski definition) is 1. The van der Waals surface area contributed by atoms with Crippen molar-refractivity contribution < 1.29 is 9.90 Å². The van der Waals surface area contributed by atoms with Gasteiger partial charge in [-0.05, 0) is 56.7 Å². The second kappa shape index (κ2) is 6.64. The number of carboxylic acids is 1. The maximum atomic E-state index is 11.1. The molecule has 2 aromatic rings. The van der Waals surface area contributed by atoms with Gasteiger partial charge in [0.15, 0.2) is 0 Å². The Hall–Kier alpha value is -2.14. The summed E-state index contributed by atoms with van der Waals surface area (Å²) < 4.78 is 2.49. The molecule has 2 aliphatic rings. The Kier molecular flexibility index (Phi) is 4.34. The summed E-state index contributed by atoms with van der Waals surface area (Å²) in [5.41, 5.74) is 4.22. The number of benzene rings is 1. The highest BCUT2D eigenvalue weighted by Crippen LogP contribution is 2.30. The highest BCUT2D eigenvalue weighted by molar-refractivity contribution is 5.87. The maximum Gasteiger partial charge on any atom is 0.335 e. The number of carbonyl (C=O) groups is 1. The molecule has 2 heterocycles. The van der Waals surface area contributed by atoms with Gasteiger partial charge in [0.2, 0.25) is 0 Å². The van der Waals surface area contributed by atoms with E-state index < -0.39 is 5.97 Å². The third kappa shape index (κ3) is 3.21. The molecule has 1 aliphatic heterocycles. The molecule has 1 N–H and O–H groups in total. The fraction of sp³-hybridized carbons (Fsp3) is 0.500. The number of rotatable bonds is 4. The molecule has 1 aromatic heterocycles. The van der Waals surface area contributed by atoms with Crippen molar-refractivity contribution >= 4 is 5.97 Å². The number of imidazole rings is 1. The predicted octanol–water partition coefficient (Wildman–Crippen LogP) is 3.22. The first-order valence-electron chi connectivity index (χ1n) is 9.23. The molecule has 4 rings (SSSR count). The van der Waals surface area contributed by atoms with E-state index in [4.69, 9.17) is 10.1 Å². The molecule has 1 fully saturated rings. The molecule has 1 aliphatic carbocycles. The second-order valence-corrected chi connectivity index (χ2v) is 7.31. The Bertz CT molecular complexity index is 796. The van der Waals surface area contributed by atoms with Crippen LogP contribution in [0.5, 0.6) is 0 Å². The number of aryl methyl sites for hydroxylation is 2. The van der Waals surface area contributed by atoms with Gasteiger partial charge in [0.25, 0.3) is 0 Å². The number of nitrogens with zero attached hydrogens (tertiary/aromatic N) is 3. The normalized spacial score (nSPS) is 20.6. The number of likely N-dealkylation sites (tertiary alicyclic amines) is 1. The summed E-state index contributed by atoms with van der Waals surface area (Å²) in [6.07, 6.45) is 5.97. The van der Waals surface area contributed by atoms with E-state index in [0.717, 1.165) is 50.3 Å². The van der Waals surface area contributed by atoms with Crippen molar-refractivity contribution in [3.63, 3.8) is 0 Å². The quantitative estimate of drug-likeness (QED) is 0.929. The lowest BCUT2D eigenvalue weighted by molar-refractivity contribution is 0.0696. The van der Waals surface area contributed by atoms with Crippen LogP contribution in [0.25, 0.3) is 0 Å². The molecular weight excluding hydrogens is 314 g/mol. The fourth-order valence-corrected chi connectivity index (χ4v) is 4.41. The van der Waals surface area contributed by atoms with Gasteiger partial charge < -0.3 is 9.67 Å². The molecule has 0 amide bonds. The van der Waals surface area contributed by atoms with Gasteiger partial charge in [-0.3, -0.25) is 4.90 Å². The van der Waals surface area contributed by atoms with E-state index in [9.17, 15) is 4.79 Å². The smallest absolute Gasteiger partial charge is 0.335 e. The van der Waals surface area contributed by atoms with Crippen molar-refractivity contribution in [1.29, 1.82) is 0 Å². The number of carboxylic acid groups (broad SMARTS) is 1. The van der Waals surface area contributed by atoms with E-state index >= 15 is 0 Å². The summed E-state index contributed by atoms with van der Waals surface area (Å²) in [7, 11) is 0. The zero-order valence-corrected chi connectivity index (χ0v) is 14.7. The molecule has 0 saturated carbocycles. The number of fused-ring (bicyclic) bond motifs is 1. The lowest BCUT2D eigenvalue weighted by atomic mass is 10.0. The third-order valence-corrected chi connectivity index (χ3v) is 5.54. The van der Waals surface area contributed by atoms with Crippen LogP contribution in [0.15, 0.2) is 24.3 Å². The van der Waals surface area contributed by atoms with Crippen molar-refractivity contribution in [2.75, 3.05) is 13.1 Å². The van der Waals surface area contributed by atoms with Crippen LogP contribution in [0.4, 0.5) is 0 Å².